The Labute approximate surface area is 224 Å². The third-order valence-corrected chi connectivity index (χ3v) is 8.59. The fraction of sp³-hybridized carbons (Fsp3) is 0.467. The van der Waals surface area contributed by atoms with E-state index in [2.05, 4.69) is 74.7 Å². The van der Waals surface area contributed by atoms with Crippen LogP contribution in [0.25, 0.3) is 21.0 Å². The van der Waals surface area contributed by atoms with E-state index in [4.69, 9.17) is 9.72 Å². The zero-order valence-corrected chi connectivity index (χ0v) is 23.2. The molecule has 2 atom stereocenters. The minimum atomic E-state index is 0.0480. The Morgan fingerprint density at radius 2 is 2.03 bits per heavy atom. The third kappa shape index (κ3) is 5.53. The monoisotopic (exact) mass is 518 g/mol. The number of thiazole rings is 1. The number of carbonyl (C=O) groups excluding carboxylic acids is 1. The summed E-state index contributed by atoms with van der Waals surface area (Å²) in [4.78, 5) is 20.7. The number of hydrogen-bond acceptors (Lipinski definition) is 5. The van der Waals surface area contributed by atoms with Crippen molar-refractivity contribution in [3.05, 3.63) is 59.3 Å². The van der Waals surface area contributed by atoms with Gasteiger partial charge in [0, 0.05) is 37.9 Å². The summed E-state index contributed by atoms with van der Waals surface area (Å²) in [6, 6.07) is 13.1. The second-order valence-electron chi connectivity index (χ2n) is 10.4. The van der Waals surface area contributed by atoms with Crippen LogP contribution in [0, 0.1) is 0 Å². The summed E-state index contributed by atoms with van der Waals surface area (Å²) in [5.74, 6) is 1.39. The van der Waals surface area contributed by atoms with E-state index in [0.29, 0.717) is 5.92 Å². The molecule has 0 spiro atoms. The Morgan fingerprint density at radius 3 is 2.78 bits per heavy atom. The second kappa shape index (κ2) is 11.2. The molecule has 2 amide bonds. The third-order valence-electron chi connectivity index (χ3n) is 7.51. The number of carbonyl (C=O) groups is 1. The number of amides is 2. The fourth-order valence-corrected chi connectivity index (χ4v) is 6.29. The average molecular weight is 519 g/mol. The van der Waals surface area contributed by atoms with Gasteiger partial charge in [-0.15, -0.1) is 11.3 Å². The van der Waals surface area contributed by atoms with Gasteiger partial charge in [-0.05, 0) is 79.5 Å². The van der Waals surface area contributed by atoms with Crippen molar-refractivity contribution in [2.45, 2.75) is 65.0 Å². The van der Waals surface area contributed by atoms with Crippen LogP contribution in [0.4, 0.5) is 4.79 Å². The van der Waals surface area contributed by atoms with Crippen LogP contribution in [-0.4, -0.2) is 48.2 Å². The Bertz CT molecular complexity index is 1250. The molecular formula is C30H38N4O2S. The van der Waals surface area contributed by atoms with Crippen LogP contribution in [0.2, 0.25) is 0 Å². The number of nitrogens with zero attached hydrogens (tertiary/aromatic N) is 2. The van der Waals surface area contributed by atoms with Crippen molar-refractivity contribution in [2.24, 2.45) is 0 Å². The first kappa shape index (κ1) is 25.7. The molecule has 1 saturated heterocycles. The molecule has 6 nitrogen and oxygen atoms in total. The van der Waals surface area contributed by atoms with Gasteiger partial charge >= 0.3 is 6.03 Å². The molecule has 1 aromatic heterocycles. The number of aromatic nitrogens is 1. The Morgan fingerprint density at radius 1 is 1.22 bits per heavy atom. The molecule has 1 aliphatic carbocycles. The molecule has 1 fully saturated rings. The number of rotatable bonds is 7. The lowest BCUT2D eigenvalue weighted by Gasteiger charge is -2.29. The van der Waals surface area contributed by atoms with Gasteiger partial charge in [0.05, 0.1) is 17.0 Å². The average Bonchev–Trinajstić information content (AvgIpc) is 3.56. The lowest BCUT2D eigenvalue weighted by Crippen LogP contribution is -2.50. The van der Waals surface area contributed by atoms with Gasteiger partial charge < -0.3 is 20.3 Å². The number of piperazine rings is 1. The highest BCUT2D eigenvalue weighted by Gasteiger charge is 2.28. The number of fused-ring (bicyclic) bond motifs is 1. The van der Waals surface area contributed by atoms with Gasteiger partial charge in [0.1, 0.15) is 10.8 Å². The van der Waals surface area contributed by atoms with E-state index in [-0.39, 0.29) is 18.2 Å². The molecule has 2 unspecified atom stereocenters. The van der Waals surface area contributed by atoms with E-state index in [1.165, 1.54) is 27.1 Å². The summed E-state index contributed by atoms with van der Waals surface area (Å²) in [5.41, 5.74) is 6.20. The molecule has 5 rings (SSSR count). The van der Waals surface area contributed by atoms with Crippen molar-refractivity contribution in [1.82, 2.24) is 20.5 Å². The Hall–Kier alpha value is -2.90. The molecule has 37 heavy (non-hydrogen) atoms. The minimum absolute atomic E-state index is 0.0480. The van der Waals surface area contributed by atoms with Gasteiger partial charge in [-0.25, -0.2) is 9.78 Å². The van der Waals surface area contributed by atoms with Crippen LogP contribution in [0.5, 0.6) is 5.75 Å². The summed E-state index contributed by atoms with van der Waals surface area (Å²) < 4.78 is 6.11. The van der Waals surface area contributed by atoms with E-state index in [9.17, 15) is 4.79 Å². The number of benzene rings is 2. The topological polar surface area (TPSA) is 66.5 Å². The normalized spacial score (nSPS) is 18.1. The summed E-state index contributed by atoms with van der Waals surface area (Å²) >= 11 is 1.74. The Kier molecular flexibility index (Phi) is 7.81. The first-order valence-corrected chi connectivity index (χ1v) is 14.4. The van der Waals surface area contributed by atoms with Gasteiger partial charge in [-0.2, -0.15) is 0 Å². The standard InChI is InChI=1S/C30H38N4O2S/c1-5-20(4)25-17-21(9-12-27(25)36-19(2)3)29-32-18-28(37-29)24-8-6-7-23-22(24)10-11-26(23)33-30(35)34-15-13-31-14-16-34/h6-9,12,17-20,26,31H,5,10-11,13-16H2,1-4H3,(H,33,35). The highest BCUT2D eigenvalue weighted by molar-refractivity contribution is 7.18. The molecule has 0 radical (unpaired) electrons. The first-order valence-electron chi connectivity index (χ1n) is 13.6. The predicted molar refractivity (Wildman–Crippen MR) is 151 cm³/mol. The number of hydrogen-bond donors (Lipinski definition) is 2. The molecule has 2 aliphatic rings. The van der Waals surface area contributed by atoms with Gasteiger partial charge in [0.15, 0.2) is 0 Å². The minimum Gasteiger partial charge on any atom is -0.491 e. The zero-order valence-electron chi connectivity index (χ0n) is 22.3. The molecule has 0 bridgehead atoms. The van der Waals surface area contributed by atoms with Crippen LogP contribution in [0.1, 0.15) is 69.2 Å². The van der Waals surface area contributed by atoms with Crippen molar-refractivity contribution in [3.63, 3.8) is 0 Å². The Balaban J connectivity index is 1.38. The first-order chi connectivity index (χ1) is 17.9. The van der Waals surface area contributed by atoms with Crippen LogP contribution in [-0.2, 0) is 6.42 Å². The van der Waals surface area contributed by atoms with Crippen LogP contribution < -0.4 is 15.4 Å². The van der Waals surface area contributed by atoms with Gasteiger partial charge in [-0.3, -0.25) is 0 Å². The quantitative estimate of drug-likeness (QED) is 0.381. The highest BCUT2D eigenvalue weighted by Crippen LogP contribution is 2.42. The molecule has 2 aromatic carbocycles. The summed E-state index contributed by atoms with van der Waals surface area (Å²) in [6.45, 7) is 11.9. The SMILES string of the molecule is CCC(C)c1cc(-c2ncc(-c3cccc4c3CCC4NC(=O)N3CCNCC3)s2)ccc1OC(C)C. The van der Waals surface area contributed by atoms with Crippen LogP contribution in [0.15, 0.2) is 42.6 Å². The second-order valence-corrected chi connectivity index (χ2v) is 11.4. The summed E-state index contributed by atoms with van der Waals surface area (Å²) in [7, 11) is 0. The van der Waals surface area contributed by atoms with Gasteiger partial charge in [0.25, 0.3) is 0 Å². The van der Waals surface area contributed by atoms with E-state index in [0.717, 1.165) is 61.8 Å². The maximum absolute atomic E-state index is 12.8. The molecule has 2 N–H and O–H groups in total. The van der Waals surface area contributed by atoms with Crippen molar-refractivity contribution in [1.29, 1.82) is 0 Å². The van der Waals surface area contributed by atoms with Crippen molar-refractivity contribution >= 4 is 17.4 Å². The number of nitrogens with one attached hydrogen (secondary N) is 2. The molecular weight excluding hydrogens is 480 g/mol. The zero-order chi connectivity index (χ0) is 25.9. The lowest BCUT2D eigenvalue weighted by molar-refractivity contribution is 0.186. The fourth-order valence-electron chi connectivity index (χ4n) is 5.32. The number of urea groups is 1. The molecule has 196 valence electrons. The molecule has 1 aliphatic heterocycles. The van der Waals surface area contributed by atoms with Crippen molar-refractivity contribution < 1.29 is 9.53 Å². The molecule has 7 heteroatoms. The largest absolute Gasteiger partial charge is 0.491 e. The van der Waals surface area contributed by atoms with E-state index >= 15 is 0 Å². The maximum Gasteiger partial charge on any atom is 0.317 e. The predicted octanol–water partition coefficient (Wildman–Crippen LogP) is 6.38. The van der Waals surface area contributed by atoms with Crippen LogP contribution >= 0.6 is 11.3 Å². The summed E-state index contributed by atoms with van der Waals surface area (Å²) in [6.07, 6.45) is 5.11. The molecule has 3 aromatic rings. The van der Waals surface area contributed by atoms with Crippen molar-refractivity contribution in [2.75, 3.05) is 26.2 Å². The van der Waals surface area contributed by atoms with Gasteiger partial charge in [-0.1, -0.05) is 32.0 Å². The van der Waals surface area contributed by atoms with E-state index in [1.807, 2.05) is 11.1 Å². The van der Waals surface area contributed by atoms with Crippen molar-refractivity contribution in [3.8, 4) is 26.8 Å². The van der Waals surface area contributed by atoms with E-state index < -0.39 is 0 Å². The lowest BCUT2D eigenvalue weighted by atomic mass is 9.96. The summed E-state index contributed by atoms with van der Waals surface area (Å²) in [5, 5.41) is 7.62. The molecule has 2 heterocycles. The van der Waals surface area contributed by atoms with Crippen LogP contribution in [0.3, 0.4) is 0 Å². The number of ether oxygens (including phenoxy) is 1. The smallest absolute Gasteiger partial charge is 0.317 e. The maximum atomic E-state index is 12.8. The van der Waals surface area contributed by atoms with E-state index in [1.54, 1.807) is 11.3 Å². The molecule has 0 saturated carbocycles. The highest BCUT2D eigenvalue weighted by atomic mass is 32.1. The van der Waals surface area contributed by atoms with Gasteiger partial charge in [0.2, 0.25) is 0 Å².